The Morgan fingerprint density at radius 1 is 1.15 bits per heavy atom. The zero-order valence-corrected chi connectivity index (χ0v) is 14.4. The van der Waals surface area contributed by atoms with Crippen LogP contribution in [0, 0.1) is 0 Å². The number of nitrogens with zero attached hydrogens (tertiary/aromatic N) is 1. The largest absolute Gasteiger partial charge is 0.501 e. The van der Waals surface area contributed by atoms with Crippen molar-refractivity contribution < 1.29 is 27.5 Å². The molecule has 0 bridgehead atoms. The van der Waals surface area contributed by atoms with E-state index in [4.69, 9.17) is 9.15 Å². The maximum atomic E-state index is 12.5. The third kappa shape index (κ3) is 3.52. The Bertz CT molecular complexity index is 1030. The van der Waals surface area contributed by atoms with Crippen molar-refractivity contribution in [3.63, 3.8) is 0 Å². The smallest absolute Gasteiger partial charge is 0.308 e. The van der Waals surface area contributed by atoms with Gasteiger partial charge in [-0.3, -0.25) is 9.78 Å². The Morgan fingerprint density at radius 2 is 1.85 bits per heavy atom. The molecule has 2 aromatic heterocycles. The second-order valence-corrected chi connectivity index (χ2v) is 6.85. The molecule has 0 amide bonds. The second-order valence-electron chi connectivity index (χ2n) is 5.17. The highest BCUT2D eigenvalue weighted by molar-refractivity contribution is 7.92. The third-order valence-electron chi connectivity index (χ3n) is 3.26. The summed E-state index contributed by atoms with van der Waals surface area (Å²) >= 11 is 0. The molecule has 134 valence electrons. The lowest BCUT2D eigenvalue weighted by atomic mass is 10.2. The fourth-order valence-corrected chi connectivity index (χ4v) is 3.18. The first-order chi connectivity index (χ1) is 12.4. The third-order valence-corrected chi connectivity index (χ3v) is 4.61. The molecule has 0 aliphatic rings. The molecule has 0 saturated heterocycles. The zero-order chi connectivity index (χ0) is 18.7. The van der Waals surface area contributed by atoms with E-state index in [1.54, 1.807) is 36.4 Å². The van der Waals surface area contributed by atoms with Crippen LogP contribution < -0.4 is 9.46 Å². The molecule has 8 nitrogen and oxygen atoms in total. The van der Waals surface area contributed by atoms with Gasteiger partial charge in [0.1, 0.15) is 5.69 Å². The number of sulfonamides is 1. The standard InChI is InChI=1S/C17H14N2O6S/c1-11(20)24-16-14(21)15(13-9-5-6-10-18-13)25-17(16)19-26(22,23)12-7-3-2-4-8-12/h2-10,19,21H,1H3. The number of carbonyl (C=O) groups is 1. The Kier molecular flexibility index (Phi) is 4.63. The Balaban J connectivity index is 2.07. The monoisotopic (exact) mass is 374 g/mol. The van der Waals surface area contributed by atoms with Crippen LogP contribution in [0.1, 0.15) is 6.92 Å². The molecule has 3 rings (SSSR count). The molecule has 0 fully saturated rings. The van der Waals surface area contributed by atoms with Gasteiger partial charge in [-0.15, -0.1) is 0 Å². The zero-order valence-electron chi connectivity index (χ0n) is 13.5. The number of aromatic hydroxyl groups is 1. The van der Waals surface area contributed by atoms with Crippen molar-refractivity contribution in [1.29, 1.82) is 0 Å². The molecule has 2 heterocycles. The van der Waals surface area contributed by atoms with Crippen LogP contribution in [0.4, 0.5) is 5.88 Å². The highest BCUT2D eigenvalue weighted by Crippen LogP contribution is 2.46. The number of pyridine rings is 1. The van der Waals surface area contributed by atoms with Crippen molar-refractivity contribution in [2.75, 3.05) is 4.72 Å². The van der Waals surface area contributed by atoms with Crippen molar-refractivity contribution in [2.45, 2.75) is 11.8 Å². The minimum atomic E-state index is -4.02. The lowest BCUT2D eigenvalue weighted by Gasteiger charge is -2.07. The molecule has 2 N–H and O–H groups in total. The number of furan rings is 1. The van der Waals surface area contributed by atoms with E-state index in [-0.39, 0.29) is 16.3 Å². The quantitative estimate of drug-likeness (QED) is 0.659. The molecule has 0 spiro atoms. The number of nitrogens with one attached hydrogen (secondary N) is 1. The van der Waals surface area contributed by atoms with Crippen molar-refractivity contribution in [1.82, 2.24) is 4.98 Å². The molecule has 9 heteroatoms. The number of ether oxygens (including phenoxy) is 1. The number of hydrogen-bond donors (Lipinski definition) is 2. The average molecular weight is 374 g/mol. The minimum Gasteiger partial charge on any atom is -0.501 e. The minimum absolute atomic E-state index is 0.0240. The van der Waals surface area contributed by atoms with Crippen molar-refractivity contribution in [2.24, 2.45) is 0 Å². The summed E-state index contributed by atoms with van der Waals surface area (Å²) in [6.07, 6.45) is 1.47. The summed E-state index contributed by atoms with van der Waals surface area (Å²) in [5.74, 6) is -2.29. The van der Waals surface area contributed by atoms with Gasteiger partial charge in [0.05, 0.1) is 4.90 Å². The topological polar surface area (TPSA) is 119 Å². The predicted molar refractivity (Wildman–Crippen MR) is 92.2 cm³/mol. The highest BCUT2D eigenvalue weighted by atomic mass is 32.2. The van der Waals surface area contributed by atoms with Crippen molar-refractivity contribution in [3.8, 4) is 23.0 Å². The highest BCUT2D eigenvalue weighted by Gasteiger charge is 2.28. The molecule has 1 aromatic carbocycles. The van der Waals surface area contributed by atoms with E-state index < -0.39 is 33.4 Å². The first kappa shape index (κ1) is 17.5. The van der Waals surface area contributed by atoms with E-state index >= 15 is 0 Å². The molecule has 0 radical (unpaired) electrons. The van der Waals surface area contributed by atoms with Gasteiger partial charge < -0.3 is 14.3 Å². The van der Waals surface area contributed by atoms with Gasteiger partial charge in [-0.25, -0.2) is 13.1 Å². The summed E-state index contributed by atoms with van der Waals surface area (Å²) in [4.78, 5) is 15.3. The van der Waals surface area contributed by atoms with E-state index in [9.17, 15) is 18.3 Å². The summed E-state index contributed by atoms with van der Waals surface area (Å²) in [6, 6.07) is 12.4. The number of anilines is 1. The summed E-state index contributed by atoms with van der Waals surface area (Å²) in [6.45, 7) is 1.11. The van der Waals surface area contributed by atoms with Crippen LogP contribution in [-0.2, 0) is 14.8 Å². The Labute approximate surface area is 149 Å². The van der Waals surface area contributed by atoms with Gasteiger partial charge in [0.2, 0.25) is 17.3 Å². The van der Waals surface area contributed by atoms with Gasteiger partial charge in [-0.1, -0.05) is 24.3 Å². The van der Waals surface area contributed by atoms with Crippen LogP contribution in [-0.4, -0.2) is 24.5 Å². The van der Waals surface area contributed by atoms with Crippen LogP contribution in [0.2, 0.25) is 0 Å². The molecule has 0 unspecified atom stereocenters. The van der Waals surface area contributed by atoms with Crippen LogP contribution in [0.25, 0.3) is 11.5 Å². The molecule has 0 saturated carbocycles. The fraction of sp³-hybridized carbons (Fsp3) is 0.0588. The second kappa shape index (κ2) is 6.89. The van der Waals surface area contributed by atoms with Crippen LogP contribution in [0.5, 0.6) is 11.5 Å². The molecular weight excluding hydrogens is 360 g/mol. The van der Waals surface area contributed by atoms with Gasteiger partial charge in [0, 0.05) is 13.1 Å². The van der Waals surface area contributed by atoms with E-state index in [1.165, 1.54) is 18.3 Å². The first-order valence-electron chi connectivity index (χ1n) is 7.42. The van der Waals surface area contributed by atoms with E-state index in [2.05, 4.69) is 9.71 Å². The summed E-state index contributed by atoms with van der Waals surface area (Å²) in [5.41, 5.74) is 0.239. The maximum absolute atomic E-state index is 12.5. The lowest BCUT2D eigenvalue weighted by molar-refractivity contribution is -0.131. The number of carbonyl (C=O) groups excluding carboxylic acids is 1. The van der Waals surface area contributed by atoms with Crippen LogP contribution >= 0.6 is 0 Å². The number of rotatable bonds is 5. The SMILES string of the molecule is CC(=O)Oc1c(NS(=O)(=O)c2ccccc2)oc(-c2ccccn2)c1O. The molecule has 0 atom stereocenters. The number of esters is 1. The Morgan fingerprint density at radius 3 is 2.46 bits per heavy atom. The summed E-state index contributed by atoms with van der Waals surface area (Å²) in [5, 5.41) is 10.3. The van der Waals surface area contributed by atoms with Crippen LogP contribution in [0.15, 0.2) is 64.0 Å². The maximum Gasteiger partial charge on any atom is 0.308 e. The molecule has 3 aromatic rings. The van der Waals surface area contributed by atoms with E-state index in [0.29, 0.717) is 0 Å². The lowest BCUT2D eigenvalue weighted by Crippen LogP contribution is -2.13. The Hall–Kier alpha value is -3.33. The summed E-state index contributed by atoms with van der Waals surface area (Å²) in [7, 11) is -4.02. The number of hydrogen-bond acceptors (Lipinski definition) is 7. The summed E-state index contributed by atoms with van der Waals surface area (Å²) < 4.78 is 37.5. The van der Waals surface area contributed by atoms with Gasteiger partial charge >= 0.3 is 5.97 Å². The van der Waals surface area contributed by atoms with Gasteiger partial charge in [0.25, 0.3) is 15.9 Å². The van der Waals surface area contributed by atoms with Gasteiger partial charge in [-0.05, 0) is 24.3 Å². The first-order valence-corrected chi connectivity index (χ1v) is 8.90. The van der Waals surface area contributed by atoms with E-state index in [0.717, 1.165) is 6.92 Å². The van der Waals surface area contributed by atoms with Crippen molar-refractivity contribution in [3.05, 3.63) is 54.7 Å². The number of aromatic nitrogens is 1. The molecular formula is C17H14N2O6S. The molecule has 26 heavy (non-hydrogen) atoms. The van der Waals surface area contributed by atoms with E-state index in [1.807, 2.05) is 0 Å². The van der Waals surface area contributed by atoms with Crippen molar-refractivity contribution >= 4 is 21.9 Å². The fourth-order valence-electron chi connectivity index (χ4n) is 2.16. The van der Waals surface area contributed by atoms with Crippen LogP contribution in [0.3, 0.4) is 0 Å². The van der Waals surface area contributed by atoms with Gasteiger partial charge in [0.15, 0.2) is 0 Å². The molecule has 0 aliphatic carbocycles. The average Bonchev–Trinajstić information content (AvgIpc) is 2.92. The normalized spacial score (nSPS) is 11.1. The predicted octanol–water partition coefficient (Wildman–Crippen LogP) is 2.77. The molecule has 0 aliphatic heterocycles. The number of benzene rings is 1. The van der Waals surface area contributed by atoms with Gasteiger partial charge in [-0.2, -0.15) is 0 Å².